The molecule has 3 aromatic heterocycles. The molecule has 5 nitrogen and oxygen atoms in total. The normalized spacial score (nSPS) is 11.7. The fourth-order valence-corrected chi connectivity index (χ4v) is 8.95. The Bertz CT molecular complexity index is 3530. The highest BCUT2D eigenvalue weighted by molar-refractivity contribution is 6.23. The first-order valence-electron chi connectivity index (χ1n) is 20.3. The third-order valence-corrected chi connectivity index (χ3v) is 11.7. The molecule has 0 bridgehead atoms. The molecule has 12 rings (SSSR count). The summed E-state index contributed by atoms with van der Waals surface area (Å²) in [6.45, 7) is 0. The van der Waals surface area contributed by atoms with Gasteiger partial charge in [0.25, 0.3) is 0 Å². The third-order valence-electron chi connectivity index (χ3n) is 11.7. The average molecular weight is 766 g/mol. The molecule has 0 saturated heterocycles. The van der Waals surface area contributed by atoms with Gasteiger partial charge in [0, 0.05) is 38.4 Å². The summed E-state index contributed by atoms with van der Waals surface area (Å²) in [5.74, 6) is 1.79. The van der Waals surface area contributed by atoms with Gasteiger partial charge in [0.1, 0.15) is 0 Å². The number of benzene rings is 9. The van der Waals surface area contributed by atoms with Crippen LogP contribution in [0.25, 0.3) is 111 Å². The van der Waals surface area contributed by atoms with Crippen molar-refractivity contribution < 1.29 is 0 Å². The van der Waals surface area contributed by atoms with Crippen LogP contribution in [0.4, 0.5) is 0 Å². The van der Waals surface area contributed by atoms with Gasteiger partial charge in [-0.1, -0.05) is 176 Å². The van der Waals surface area contributed by atoms with E-state index in [1.54, 1.807) is 0 Å². The van der Waals surface area contributed by atoms with Gasteiger partial charge < -0.3 is 4.57 Å². The van der Waals surface area contributed by atoms with Crippen LogP contribution < -0.4 is 0 Å². The summed E-state index contributed by atoms with van der Waals surface area (Å²) >= 11 is 0. The standard InChI is InChI=1S/C55H35N5/c1-4-16-36(17-5-1)42-33-43(37-18-6-2-7-19-37)35-44(34-42)59-49-26-14-12-24-45(49)47-30-31-48-46-25-13-15-27-50(46)60(52(48)51(47)59)55-57-53(39-21-8-3-9-22-39)56-54(58-55)41-29-28-38-20-10-11-23-40(38)32-41/h1-35H. The van der Waals surface area contributed by atoms with Crippen molar-refractivity contribution in [3.63, 3.8) is 0 Å². The van der Waals surface area contributed by atoms with Gasteiger partial charge in [0.2, 0.25) is 5.95 Å². The van der Waals surface area contributed by atoms with E-state index in [-0.39, 0.29) is 0 Å². The van der Waals surface area contributed by atoms with Crippen molar-refractivity contribution in [3.8, 4) is 56.7 Å². The third kappa shape index (κ3) is 5.52. The van der Waals surface area contributed by atoms with Gasteiger partial charge in [0.05, 0.1) is 22.1 Å². The Kier molecular flexibility index (Phi) is 7.78. The van der Waals surface area contributed by atoms with Crippen LogP contribution in [0.15, 0.2) is 212 Å². The Balaban J connectivity index is 1.21. The van der Waals surface area contributed by atoms with Crippen molar-refractivity contribution in [2.45, 2.75) is 0 Å². The molecule has 0 amide bonds. The molecule has 0 fully saturated rings. The van der Waals surface area contributed by atoms with E-state index in [9.17, 15) is 0 Å². The van der Waals surface area contributed by atoms with E-state index in [2.05, 4.69) is 203 Å². The quantitative estimate of drug-likeness (QED) is 0.169. The molecule has 280 valence electrons. The summed E-state index contributed by atoms with van der Waals surface area (Å²) in [4.78, 5) is 15.9. The van der Waals surface area contributed by atoms with E-state index in [0.717, 1.165) is 82.7 Å². The Hall–Kier alpha value is -8.15. The summed E-state index contributed by atoms with van der Waals surface area (Å²) in [6, 6.07) is 75.3. The molecule has 3 heterocycles. The molecule has 0 N–H and O–H groups in total. The number of fused-ring (bicyclic) bond motifs is 8. The second kappa shape index (κ2) is 13.8. The van der Waals surface area contributed by atoms with E-state index in [4.69, 9.17) is 15.0 Å². The van der Waals surface area contributed by atoms with Gasteiger partial charge in [-0.15, -0.1) is 0 Å². The lowest BCUT2D eigenvalue weighted by Crippen LogP contribution is -2.07. The summed E-state index contributed by atoms with van der Waals surface area (Å²) in [6.07, 6.45) is 0. The maximum Gasteiger partial charge on any atom is 0.238 e. The van der Waals surface area contributed by atoms with Crippen LogP contribution in [-0.2, 0) is 0 Å². The van der Waals surface area contributed by atoms with Crippen molar-refractivity contribution in [3.05, 3.63) is 212 Å². The van der Waals surface area contributed by atoms with Gasteiger partial charge in [0.15, 0.2) is 11.6 Å². The average Bonchev–Trinajstić information content (AvgIpc) is 3.85. The van der Waals surface area contributed by atoms with Gasteiger partial charge in [-0.2, -0.15) is 9.97 Å². The fraction of sp³-hybridized carbons (Fsp3) is 0. The van der Waals surface area contributed by atoms with Crippen LogP contribution in [0.3, 0.4) is 0 Å². The molecule has 0 radical (unpaired) electrons. The first-order valence-corrected chi connectivity index (χ1v) is 20.3. The minimum atomic E-state index is 0.561. The number of rotatable bonds is 6. The SMILES string of the molecule is c1ccc(-c2cc(-c3ccccc3)cc(-n3c4ccccc4c4ccc5c6ccccc6n(-c6nc(-c7ccccc7)nc(-c7ccc8ccccc8c7)n6)c5c43)c2)cc1. The molecule has 0 aliphatic rings. The number of hydrogen-bond acceptors (Lipinski definition) is 3. The van der Waals surface area contributed by atoms with Crippen molar-refractivity contribution >= 4 is 54.4 Å². The summed E-state index contributed by atoms with van der Waals surface area (Å²) in [5, 5.41) is 6.88. The van der Waals surface area contributed by atoms with Crippen LogP contribution in [0, 0.1) is 0 Å². The number of aromatic nitrogens is 5. The molecular weight excluding hydrogens is 731 g/mol. The van der Waals surface area contributed by atoms with E-state index in [1.807, 2.05) is 18.2 Å². The summed E-state index contributed by atoms with van der Waals surface area (Å²) < 4.78 is 4.71. The molecule has 0 unspecified atom stereocenters. The minimum Gasteiger partial charge on any atom is -0.307 e. The highest BCUT2D eigenvalue weighted by Gasteiger charge is 2.24. The van der Waals surface area contributed by atoms with Crippen molar-refractivity contribution in [1.29, 1.82) is 0 Å². The van der Waals surface area contributed by atoms with E-state index in [0.29, 0.717) is 17.6 Å². The first kappa shape index (κ1) is 33.9. The Morgan fingerprint density at radius 2 is 0.767 bits per heavy atom. The molecule has 9 aromatic carbocycles. The second-order valence-corrected chi connectivity index (χ2v) is 15.3. The van der Waals surface area contributed by atoms with Crippen LogP contribution in [-0.4, -0.2) is 24.1 Å². The highest BCUT2D eigenvalue weighted by atomic mass is 15.2. The van der Waals surface area contributed by atoms with Gasteiger partial charge in [-0.25, -0.2) is 4.98 Å². The minimum absolute atomic E-state index is 0.561. The monoisotopic (exact) mass is 765 g/mol. The lowest BCUT2D eigenvalue weighted by molar-refractivity contribution is 0.953. The zero-order valence-electron chi connectivity index (χ0n) is 32.4. The summed E-state index contributed by atoms with van der Waals surface area (Å²) in [7, 11) is 0. The number of para-hydroxylation sites is 2. The predicted molar refractivity (Wildman–Crippen MR) is 248 cm³/mol. The molecular formula is C55H35N5. The predicted octanol–water partition coefficient (Wildman–Crippen LogP) is 13.9. The molecule has 0 saturated carbocycles. The van der Waals surface area contributed by atoms with Crippen molar-refractivity contribution in [1.82, 2.24) is 24.1 Å². The summed E-state index contributed by atoms with van der Waals surface area (Å²) in [5.41, 5.74) is 11.8. The smallest absolute Gasteiger partial charge is 0.238 e. The Morgan fingerprint density at radius 3 is 1.38 bits per heavy atom. The van der Waals surface area contributed by atoms with Crippen molar-refractivity contribution in [2.24, 2.45) is 0 Å². The second-order valence-electron chi connectivity index (χ2n) is 15.3. The Morgan fingerprint density at radius 1 is 0.283 bits per heavy atom. The van der Waals surface area contributed by atoms with Crippen LogP contribution in [0.2, 0.25) is 0 Å². The molecule has 0 aliphatic carbocycles. The Labute approximate surface area is 346 Å². The molecule has 60 heavy (non-hydrogen) atoms. The van der Waals surface area contributed by atoms with Gasteiger partial charge in [-0.05, 0) is 69.4 Å². The highest BCUT2D eigenvalue weighted by Crippen LogP contribution is 2.43. The molecule has 0 spiro atoms. The lowest BCUT2D eigenvalue weighted by Gasteiger charge is -2.16. The number of nitrogens with zero attached hydrogens (tertiary/aromatic N) is 5. The zero-order valence-corrected chi connectivity index (χ0v) is 32.4. The van der Waals surface area contributed by atoms with E-state index < -0.39 is 0 Å². The fourth-order valence-electron chi connectivity index (χ4n) is 8.95. The first-order chi connectivity index (χ1) is 29.7. The van der Waals surface area contributed by atoms with E-state index >= 15 is 0 Å². The number of hydrogen-bond donors (Lipinski definition) is 0. The van der Waals surface area contributed by atoms with Gasteiger partial charge in [-0.3, -0.25) is 4.57 Å². The maximum absolute atomic E-state index is 5.38. The molecule has 12 aromatic rings. The molecule has 0 aliphatic heterocycles. The topological polar surface area (TPSA) is 48.5 Å². The largest absolute Gasteiger partial charge is 0.307 e. The molecule has 0 atom stereocenters. The zero-order chi connectivity index (χ0) is 39.6. The maximum atomic E-state index is 5.38. The van der Waals surface area contributed by atoms with E-state index in [1.165, 1.54) is 10.8 Å². The molecule has 5 heteroatoms. The van der Waals surface area contributed by atoms with Crippen molar-refractivity contribution in [2.75, 3.05) is 0 Å². The van der Waals surface area contributed by atoms with Gasteiger partial charge >= 0.3 is 0 Å². The van der Waals surface area contributed by atoms with Crippen LogP contribution in [0.5, 0.6) is 0 Å². The van der Waals surface area contributed by atoms with Crippen LogP contribution in [0.1, 0.15) is 0 Å². The van der Waals surface area contributed by atoms with Crippen LogP contribution >= 0.6 is 0 Å². The lowest BCUT2D eigenvalue weighted by atomic mass is 9.98.